The number of carbonyl (C=O) groups excluding carboxylic acids is 1. The summed E-state index contributed by atoms with van der Waals surface area (Å²) in [6.07, 6.45) is 0. The number of aryl methyl sites for hydroxylation is 1. The Morgan fingerprint density at radius 1 is 1.18 bits per heavy atom. The molecule has 0 atom stereocenters. The van der Waals surface area contributed by atoms with Gasteiger partial charge in [0.05, 0.1) is 11.5 Å². The first kappa shape index (κ1) is 19.1. The van der Waals surface area contributed by atoms with Crippen molar-refractivity contribution in [1.29, 1.82) is 0 Å². The Morgan fingerprint density at radius 2 is 1.93 bits per heavy atom. The van der Waals surface area contributed by atoms with E-state index in [-0.39, 0.29) is 36.1 Å². The molecule has 1 aromatic heterocycles. The molecule has 0 fully saturated rings. The lowest BCUT2D eigenvalue weighted by Crippen LogP contribution is -2.04. The molecular weight excluding hydrogens is 364 g/mol. The minimum absolute atomic E-state index is 0.000740. The van der Waals surface area contributed by atoms with Gasteiger partial charge in [-0.05, 0) is 31.5 Å². The van der Waals surface area contributed by atoms with Gasteiger partial charge in [0.1, 0.15) is 6.61 Å². The van der Waals surface area contributed by atoms with Crippen LogP contribution in [0.3, 0.4) is 0 Å². The van der Waals surface area contributed by atoms with Gasteiger partial charge in [-0.15, -0.1) is 0 Å². The van der Waals surface area contributed by atoms with Crippen LogP contribution in [-0.2, 0) is 11.3 Å². The number of nitrogens with zero attached hydrogens (tertiary/aromatic N) is 2. The Morgan fingerprint density at radius 3 is 2.61 bits per heavy atom. The summed E-state index contributed by atoms with van der Waals surface area (Å²) in [5, 5.41) is 15.1. The normalized spacial score (nSPS) is 10.5. The molecule has 144 valence electrons. The summed E-state index contributed by atoms with van der Waals surface area (Å²) < 4.78 is 15.6. The number of rotatable bonds is 7. The van der Waals surface area contributed by atoms with Crippen LogP contribution in [0.5, 0.6) is 5.75 Å². The molecular formula is C20H18N2O6. The van der Waals surface area contributed by atoms with E-state index in [0.717, 1.165) is 11.1 Å². The summed E-state index contributed by atoms with van der Waals surface area (Å²) in [4.78, 5) is 22.6. The highest BCUT2D eigenvalue weighted by Gasteiger charge is 2.20. The first-order valence-electron chi connectivity index (χ1n) is 8.59. The number of aromatic nitrogens is 1. The van der Waals surface area contributed by atoms with Gasteiger partial charge in [0, 0.05) is 17.7 Å². The van der Waals surface area contributed by atoms with Crippen LogP contribution in [0.15, 0.2) is 53.1 Å². The molecule has 0 amide bonds. The molecule has 0 bridgehead atoms. The Bertz CT molecular complexity index is 994. The van der Waals surface area contributed by atoms with Crippen molar-refractivity contribution in [3.63, 3.8) is 0 Å². The van der Waals surface area contributed by atoms with Crippen molar-refractivity contribution in [1.82, 2.24) is 5.16 Å². The number of hydrogen-bond donors (Lipinski definition) is 0. The Hall–Kier alpha value is -3.68. The number of nitro groups is 1. The molecule has 0 radical (unpaired) electrons. The van der Waals surface area contributed by atoms with E-state index in [0.29, 0.717) is 5.56 Å². The Balaban J connectivity index is 1.82. The highest BCUT2D eigenvalue weighted by atomic mass is 16.6. The van der Waals surface area contributed by atoms with Gasteiger partial charge in [-0.3, -0.25) is 10.1 Å². The van der Waals surface area contributed by atoms with E-state index in [1.807, 2.05) is 31.2 Å². The van der Waals surface area contributed by atoms with Gasteiger partial charge >= 0.3 is 11.7 Å². The first-order valence-corrected chi connectivity index (χ1v) is 8.59. The van der Waals surface area contributed by atoms with E-state index >= 15 is 0 Å². The van der Waals surface area contributed by atoms with E-state index in [1.165, 1.54) is 18.2 Å². The van der Waals surface area contributed by atoms with Crippen LogP contribution in [0.1, 0.15) is 28.5 Å². The lowest BCUT2D eigenvalue weighted by molar-refractivity contribution is -0.385. The zero-order valence-corrected chi connectivity index (χ0v) is 15.4. The number of nitro benzene ring substituents is 1. The summed E-state index contributed by atoms with van der Waals surface area (Å²) >= 11 is 0. The Kier molecular flexibility index (Phi) is 5.69. The van der Waals surface area contributed by atoms with Gasteiger partial charge in [0.25, 0.3) is 0 Å². The SMILES string of the molecule is CCOC(=O)c1cc(-c2ccc(OCc3ccc(C)cc3)c([N+](=O)[O-])c2)on1. The molecule has 3 rings (SSSR count). The molecule has 1 heterocycles. The summed E-state index contributed by atoms with van der Waals surface area (Å²) in [6.45, 7) is 4.07. The third-order valence-corrected chi connectivity index (χ3v) is 3.95. The van der Waals surface area contributed by atoms with Crippen molar-refractivity contribution >= 4 is 11.7 Å². The highest BCUT2D eigenvalue weighted by Crippen LogP contribution is 2.33. The molecule has 0 aliphatic heterocycles. The summed E-state index contributed by atoms with van der Waals surface area (Å²) in [6, 6.07) is 13.5. The number of esters is 1. The number of benzene rings is 2. The lowest BCUT2D eigenvalue weighted by atomic mass is 10.1. The zero-order valence-electron chi connectivity index (χ0n) is 15.4. The second-order valence-electron chi connectivity index (χ2n) is 6.01. The molecule has 0 aliphatic carbocycles. The van der Waals surface area contributed by atoms with E-state index < -0.39 is 10.9 Å². The average molecular weight is 382 g/mol. The van der Waals surface area contributed by atoms with Crippen LogP contribution in [0.25, 0.3) is 11.3 Å². The van der Waals surface area contributed by atoms with E-state index in [9.17, 15) is 14.9 Å². The predicted octanol–water partition coefficient (Wildman–Crippen LogP) is 4.31. The van der Waals surface area contributed by atoms with Crippen molar-refractivity contribution in [2.24, 2.45) is 0 Å². The Labute approximate surface area is 160 Å². The lowest BCUT2D eigenvalue weighted by Gasteiger charge is -2.08. The fraction of sp³-hybridized carbons (Fsp3) is 0.200. The standard InChI is InChI=1S/C20H18N2O6/c1-3-26-20(23)16-11-19(28-21-16)15-8-9-18(17(10-15)22(24)25)27-12-14-6-4-13(2)5-7-14/h4-11H,3,12H2,1-2H3. The van der Waals surface area contributed by atoms with Crippen LogP contribution in [-0.4, -0.2) is 22.7 Å². The molecule has 3 aromatic rings. The van der Waals surface area contributed by atoms with Crippen molar-refractivity contribution < 1.29 is 23.7 Å². The number of hydrogen-bond acceptors (Lipinski definition) is 7. The van der Waals surface area contributed by atoms with Crippen LogP contribution in [0, 0.1) is 17.0 Å². The maximum atomic E-state index is 11.7. The smallest absolute Gasteiger partial charge is 0.360 e. The molecule has 0 N–H and O–H groups in total. The largest absolute Gasteiger partial charge is 0.482 e. The third kappa shape index (κ3) is 4.35. The van der Waals surface area contributed by atoms with Gasteiger partial charge in [-0.25, -0.2) is 4.79 Å². The molecule has 0 saturated heterocycles. The number of ether oxygens (including phenoxy) is 2. The first-order chi connectivity index (χ1) is 13.5. The monoisotopic (exact) mass is 382 g/mol. The van der Waals surface area contributed by atoms with Gasteiger partial charge < -0.3 is 14.0 Å². The molecule has 0 unspecified atom stereocenters. The maximum absolute atomic E-state index is 11.7. The highest BCUT2D eigenvalue weighted by molar-refractivity contribution is 5.88. The molecule has 0 spiro atoms. The summed E-state index contributed by atoms with van der Waals surface area (Å²) in [5.74, 6) is -0.263. The average Bonchev–Trinajstić information content (AvgIpc) is 3.18. The van der Waals surface area contributed by atoms with Crippen molar-refractivity contribution in [3.8, 4) is 17.1 Å². The van der Waals surface area contributed by atoms with E-state index in [2.05, 4.69) is 5.16 Å². The second kappa shape index (κ2) is 8.34. The fourth-order valence-electron chi connectivity index (χ4n) is 2.49. The molecule has 8 heteroatoms. The predicted molar refractivity (Wildman–Crippen MR) is 100 cm³/mol. The summed E-state index contributed by atoms with van der Waals surface area (Å²) in [5.41, 5.74) is 2.21. The molecule has 8 nitrogen and oxygen atoms in total. The topological polar surface area (TPSA) is 105 Å². The third-order valence-electron chi connectivity index (χ3n) is 3.95. The van der Waals surface area contributed by atoms with E-state index in [4.69, 9.17) is 14.0 Å². The van der Waals surface area contributed by atoms with Crippen molar-refractivity contribution in [2.75, 3.05) is 6.61 Å². The van der Waals surface area contributed by atoms with Crippen LogP contribution in [0.4, 0.5) is 5.69 Å². The second-order valence-corrected chi connectivity index (χ2v) is 6.01. The molecule has 0 saturated carbocycles. The molecule has 2 aromatic carbocycles. The van der Waals surface area contributed by atoms with Crippen LogP contribution in [0.2, 0.25) is 0 Å². The minimum Gasteiger partial charge on any atom is -0.482 e. The minimum atomic E-state index is -0.620. The van der Waals surface area contributed by atoms with Crippen LogP contribution < -0.4 is 4.74 Å². The van der Waals surface area contributed by atoms with Crippen LogP contribution >= 0.6 is 0 Å². The molecule has 28 heavy (non-hydrogen) atoms. The van der Waals surface area contributed by atoms with Gasteiger partial charge in [-0.1, -0.05) is 35.0 Å². The van der Waals surface area contributed by atoms with Crippen molar-refractivity contribution in [2.45, 2.75) is 20.5 Å². The zero-order chi connectivity index (χ0) is 20.1. The van der Waals surface area contributed by atoms with E-state index in [1.54, 1.807) is 13.0 Å². The van der Waals surface area contributed by atoms with Gasteiger partial charge in [0.15, 0.2) is 17.2 Å². The summed E-state index contributed by atoms with van der Waals surface area (Å²) in [7, 11) is 0. The quantitative estimate of drug-likeness (QED) is 0.340. The molecule has 0 aliphatic rings. The van der Waals surface area contributed by atoms with Gasteiger partial charge in [0.2, 0.25) is 0 Å². The maximum Gasteiger partial charge on any atom is 0.360 e. The number of carbonyl (C=O) groups is 1. The van der Waals surface area contributed by atoms with Gasteiger partial charge in [-0.2, -0.15) is 0 Å². The van der Waals surface area contributed by atoms with Crippen molar-refractivity contribution in [3.05, 3.63) is 75.5 Å². The fourth-order valence-corrected chi connectivity index (χ4v) is 2.49.